The Morgan fingerprint density at radius 3 is 2.40 bits per heavy atom. The zero-order valence-electron chi connectivity index (χ0n) is 17.0. The second-order valence-corrected chi connectivity index (χ2v) is 8.67. The van der Waals surface area contributed by atoms with Crippen LogP contribution in [0.3, 0.4) is 0 Å². The average molecular weight is 409 g/mol. The number of amides is 3. The number of carbonyl (C=O) groups is 3. The lowest BCUT2D eigenvalue weighted by Gasteiger charge is -2.39. The number of carbonyl (C=O) groups excluding carboxylic acids is 3. The quantitative estimate of drug-likeness (QED) is 0.701. The second kappa shape index (κ2) is 7.52. The van der Waals surface area contributed by atoms with Gasteiger partial charge in [0.25, 0.3) is 11.8 Å². The van der Waals surface area contributed by atoms with Gasteiger partial charge in [0, 0.05) is 57.2 Å². The molecule has 1 aromatic rings. The number of piperidine rings is 1. The Balaban J connectivity index is 1.29. The van der Waals surface area contributed by atoms with E-state index in [4.69, 9.17) is 0 Å². The van der Waals surface area contributed by atoms with E-state index in [0.717, 1.165) is 62.3 Å². The van der Waals surface area contributed by atoms with Crippen LogP contribution in [-0.2, 0) is 4.79 Å². The monoisotopic (exact) mass is 409 g/mol. The lowest BCUT2D eigenvalue weighted by molar-refractivity contribution is -0.125. The summed E-state index contributed by atoms with van der Waals surface area (Å²) >= 11 is 0. The molecule has 0 radical (unpaired) electrons. The Kier molecular flexibility index (Phi) is 4.83. The van der Waals surface area contributed by atoms with E-state index >= 15 is 0 Å². The largest absolute Gasteiger partial charge is 0.369 e. The molecule has 0 bridgehead atoms. The lowest BCUT2D eigenvalue weighted by Crippen LogP contribution is -2.53. The summed E-state index contributed by atoms with van der Waals surface area (Å²) in [4.78, 5) is 44.2. The molecule has 4 aliphatic heterocycles. The molecule has 5 rings (SSSR count). The van der Waals surface area contributed by atoms with Crippen molar-refractivity contribution in [2.75, 3.05) is 50.7 Å². The second-order valence-electron chi connectivity index (χ2n) is 8.67. The third-order valence-electron chi connectivity index (χ3n) is 6.66. The molecule has 2 N–H and O–H groups in total. The third-order valence-corrected chi connectivity index (χ3v) is 6.66. The van der Waals surface area contributed by atoms with Crippen LogP contribution in [0.2, 0.25) is 0 Å². The van der Waals surface area contributed by atoms with Crippen molar-refractivity contribution in [3.05, 3.63) is 41.6 Å². The highest BCUT2D eigenvalue weighted by Gasteiger charge is 2.44. The van der Waals surface area contributed by atoms with Crippen LogP contribution in [0, 0.1) is 5.92 Å². The van der Waals surface area contributed by atoms with Gasteiger partial charge in [0.2, 0.25) is 5.91 Å². The van der Waals surface area contributed by atoms with E-state index in [9.17, 15) is 14.4 Å². The Morgan fingerprint density at radius 2 is 1.73 bits per heavy atom. The summed E-state index contributed by atoms with van der Waals surface area (Å²) in [7, 11) is 0. The van der Waals surface area contributed by atoms with E-state index in [-0.39, 0.29) is 17.7 Å². The number of hydrogen-bond acceptors (Lipinski definition) is 6. The van der Waals surface area contributed by atoms with Crippen molar-refractivity contribution in [2.24, 2.45) is 5.92 Å². The first-order valence-corrected chi connectivity index (χ1v) is 10.7. The number of nitrogens with zero attached hydrogens (tertiary/aromatic N) is 3. The number of anilines is 1. The Hall–Kier alpha value is -2.71. The lowest BCUT2D eigenvalue weighted by atomic mass is 10.0. The number of benzene rings is 1. The molecule has 1 atom stereocenters. The third kappa shape index (κ3) is 3.30. The smallest absolute Gasteiger partial charge is 0.262 e. The molecule has 0 aromatic heterocycles. The van der Waals surface area contributed by atoms with Gasteiger partial charge in [0.15, 0.2) is 0 Å². The van der Waals surface area contributed by atoms with E-state index in [1.165, 1.54) is 0 Å². The molecule has 8 nitrogen and oxygen atoms in total. The highest BCUT2D eigenvalue weighted by Crippen LogP contribution is 2.31. The van der Waals surface area contributed by atoms with E-state index < -0.39 is 6.04 Å². The molecule has 158 valence electrons. The van der Waals surface area contributed by atoms with E-state index in [1.54, 1.807) is 6.07 Å². The van der Waals surface area contributed by atoms with Gasteiger partial charge in [-0.25, -0.2) is 0 Å². The van der Waals surface area contributed by atoms with Crippen LogP contribution in [0.1, 0.15) is 33.6 Å². The van der Waals surface area contributed by atoms with Crippen LogP contribution in [0.25, 0.3) is 0 Å². The minimum atomic E-state index is -0.768. The molecule has 0 saturated carbocycles. The summed E-state index contributed by atoms with van der Waals surface area (Å²) in [5.74, 6) is -0.326. The van der Waals surface area contributed by atoms with Crippen molar-refractivity contribution >= 4 is 23.4 Å². The molecule has 3 amide bonds. The van der Waals surface area contributed by atoms with Crippen LogP contribution >= 0.6 is 0 Å². The maximum atomic E-state index is 13.1. The number of piperazine rings is 1. The molecule has 4 heterocycles. The van der Waals surface area contributed by atoms with Gasteiger partial charge in [-0.2, -0.15) is 0 Å². The number of nitrogens with one attached hydrogen (secondary N) is 2. The van der Waals surface area contributed by atoms with Gasteiger partial charge in [-0.3, -0.25) is 24.2 Å². The highest BCUT2D eigenvalue weighted by molar-refractivity contribution is 6.23. The summed E-state index contributed by atoms with van der Waals surface area (Å²) in [6.45, 7) is 10.9. The van der Waals surface area contributed by atoms with Gasteiger partial charge < -0.3 is 15.5 Å². The van der Waals surface area contributed by atoms with E-state index in [0.29, 0.717) is 29.7 Å². The number of fused-ring (bicyclic) bond motifs is 1. The summed E-state index contributed by atoms with van der Waals surface area (Å²) in [6.07, 6.45) is 0.984. The summed E-state index contributed by atoms with van der Waals surface area (Å²) in [5.41, 5.74) is 2.38. The maximum Gasteiger partial charge on any atom is 0.262 e. The van der Waals surface area contributed by atoms with E-state index in [2.05, 4.69) is 27.0 Å². The van der Waals surface area contributed by atoms with Crippen molar-refractivity contribution in [3.63, 3.8) is 0 Å². The Bertz CT molecular complexity index is 917. The fourth-order valence-electron chi connectivity index (χ4n) is 4.77. The number of imide groups is 1. The fraction of sp³-hybridized carbons (Fsp3) is 0.500. The molecule has 30 heavy (non-hydrogen) atoms. The highest BCUT2D eigenvalue weighted by atomic mass is 16.2. The van der Waals surface area contributed by atoms with Crippen LogP contribution in [-0.4, -0.2) is 79.4 Å². The van der Waals surface area contributed by atoms with Crippen LogP contribution in [0.15, 0.2) is 30.5 Å². The standard InChI is InChI=1S/C22H27N5O3/c1-14-2-5-19(20(28)24-14)27-21(29)17-4-3-16(10-18(17)22(27)30)26-8-6-25(7-9-26)13-15-11-23-12-15/h3-4,10,15,19,23H,1-2,5-9,11-13H2,(H,24,28). The molecular formula is C22H27N5O3. The van der Waals surface area contributed by atoms with Crippen molar-refractivity contribution in [2.45, 2.75) is 18.9 Å². The maximum absolute atomic E-state index is 13.1. The molecule has 1 aromatic carbocycles. The summed E-state index contributed by atoms with van der Waals surface area (Å²) in [5, 5.41) is 5.99. The normalized spacial score (nSPS) is 25.4. The molecule has 4 aliphatic rings. The number of hydrogen-bond donors (Lipinski definition) is 2. The van der Waals surface area contributed by atoms with Crippen molar-refractivity contribution in [1.82, 2.24) is 20.4 Å². The van der Waals surface area contributed by atoms with Crippen LogP contribution in [0.4, 0.5) is 5.69 Å². The first-order chi connectivity index (χ1) is 14.5. The van der Waals surface area contributed by atoms with Crippen molar-refractivity contribution in [3.8, 4) is 0 Å². The minimum absolute atomic E-state index is 0.334. The predicted molar refractivity (Wildman–Crippen MR) is 112 cm³/mol. The predicted octanol–water partition coefficient (Wildman–Crippen LogP) is 0.416. The van der Waals surface area contributed by atoms with Gasteiger partial charge >= 0.3 is 0 Å². The first kappa shape index (κ1) is 19.3. The SMILES string of the molecule is C=C1CCC(N2C(=O)c3ccc(N4CCN(CC5CNC5)CC4)cc3C2=O)C(=O)N1. The van der Waals surface area contributed by atoms with Crippen molar-refractivity contribution in [1.29, 1.82) is 0 Å². The molecule has 1 unspecified atom stereocenters. The number of allylic oxidation sites excluding steroid dienone is 1. The molecule has 3 fully saturated rings. The average Bonchev–Trinajstić information content (AvgIpc) is 2.96. The summed E-state index contributed by atoms with van der Waals surface area (Å²) in [6, 6.07) is 4.70. The van der Waals surface area contributed by atoms with Crippen LogP contribution < -0.4 is 15.5 Å². The summed E-state index contributed by atoms with van der Waals surface area (Å²) < 4.78 is 0. The Labute approximate surface area is 175 Å². The van der Waals surface area contributed by atoms with E-state index in [1.807, 2.05) is 12.1 Å². The minimum Gasteiger partial charge on any atom is -0.369 e. The van der Waals surface area contributed by atoms with Gasteiger partial charge in [-0.1, -0.05) is 6.58 Å². The fourth-order valence-corrected chi connectivity index (χ4v) is 4.77. The Morgan fingerprint density at radius 1 is 1.00 bits per heavy atom. The van der Waals surface area contributed by atoms with Crippen LogP contribution in [0.5, 0.6) is 0 Å². The van der Waals surface area contributed by atoms with Gasteiger partial charge in [-0.15, -0.1) is 0 Å². The van der Waals surface area contributed by atoms with Gasteiger partial charge in [-0.05, 0) is 37.0 Å². The molecular weight excluding hydrogens is 382 g/mol. The molecule has 3 saturated heterocycles. The van der Waals surface area contributed by atoms with Gasteiger partial charge in [0.1, 0.15) is 6.04 Å². The molecule has 0 aliphatic carbocycles. The topological polar surface area (TPSA) is 85.0 Å². The number of rotatable bonds is 4. The molecule has 0 spiro atoms. The van der Waals surface area contributed by atoms with Crippen molar-refractivity contribution < 1.29 is 14.4 Å². The van der Waals surface area contributed by atoms with Gasteiger partial charge in [0.05, 0.1) is 11.1 Å². The zero-order valence-corrected chi connectivity index (χ0v) is 17.0. The molecule has 8 heteroatoms. The zero-order chi connectivity index (χ0) is 20.8. The first-order valence-electron chi connectivity index (χ1n) is 10.7.